The molecule has 5 aromatic rings. The third-order valence-electron chi connectivity index (χ3n) is 9.22. The maximum absolute atomic E-state index is 13.2. The van der Waals surface area contributed by atoms with E-state index in [4.69, 9.17) is 6.57 Å². The molecule has 1 heterocycles. The number of nitrogens with one attached hydrogen (secondary N) is 2. The van der Waals surface area contributed by atoms with Crippen molar-refractivity contribution in [3.8, 4) is 0 Å². The summed E-state index contributed by atoms with van der Waals surface area (Å²) < 4.78 is 0. The van der Waals surface area contributed by atoms with Crippen molar-refractivity contribution in [2.75, 3.05) is 14.1 Å². The van der Waals surface area contributed by atoms with Crippen LogP contribution in [0.25, 0.3) is 32.2 Å². The van der Waals surface area contributed by atoms with Gasteiger partial charge in [-0.15, -0.1) is 0 Å². The van der Waals surface area contributed by atoms with Crippen molar-refractivity contribution in [1.82, 2.24) is 15.2 Å². The second kappa shape index (κ2) is 11.8. The number of amides is 1. The average molecular weight is 595 g/mol. The number of carbonyl (C=O) groups is 1. The molecule has 45 heavy (non-hydrogen) atoms. The number of aromatic nitrogens is 1. The highest BCUT2D eigenvalue weighted by Gasteiger charge is 2.29. The molecule has 1 atom stereocenters. The van der Waals surface area contributed by atoms with E-state index in [0.717, 1.165) is 42.5 Å². The van der Waals surface area contributed by atoms with Gasteiger partial charge in [0, 0.05) is 27.9 Å². The minimum absolute atomic E-state index is 0.0270. The molecule has 0 bridgehead atoms. The van der Waals surface area contributed by atoms with E-state index in [-0.39, 0.29) is 11.3 Å². The van der Waals surface area contributed by atoms with Crippen molar-refractivity contribution in [3.63, 3.8) is 0 Å². The topological polar surface area (TPSA) is 69.6 Å². The SMILES string of the molecule is CN(C)C1CCc2cc(C(C)(C)NC(=O)c3ccc4c(=O)c5ccccc5[nH]c4c3)ccc21.[C-]#[N+]c1ccc2c(c1)CCC2=C. The summed E-state index contributed by atoms with van der Waals surface area (Å²) in [5, 5.41) is 4.42. The van der Waals surface area contributed by atoms with Gasteiger partial charge in [0.1, 0.15) is 0 Å². The molecule has 2 aliphatic rings. The highest BCUT2D eigenvalue weighted by atomic mass is 16.1. The molecular formula is C39H38N4O2. The van der Waals surface area contributed by atoms with Crippen molar-refractivity contribution in [3.05, 3.63) is 140 Å². The molecular weight excluding hydrogens is 556 g/mol. The Morgan fingerprint density at radius 1 is 0.933 bits per heavy atom. The van der Waals surface area contributed by atoms with Crippen LogP contribution in [-0.2, 0) is 18.4 Å². The predicted octanol–water partition coefficient (Wildman–Crippen LogP) is 8.09. The summed E-state index contributed by atoms with van der Waals surface area (Å²) in [7, 11) is 4.24. The van der Waals surface area contributed by atoms with Gasteiger partial charge in [0.15, 0.2) is 11.1 Å². The van der Waals surface area contributed by atoms with Gasteiger partial charge >= 0.3 is 0 Å². The van der Waals surface area contributed by atoms with Crippen LogP contribution in [0, 0.1) is 6.57 Å². The Bertz CT molecular complexity index is 2080. The molecule has 0 fully saturated rings. The molecule has 1 unspecified atom stereocenters. The van der Waals surface area contributed by atoms with Crippen LogP contribution < -0.4 is 10.7 Å². The second-order valence-corrected chi connectivity index (χ2v) is 12.8. The minimum Gasteiger partial charge on any atom is -0.354 e. The lowest BCUT2D eigenvalue weighted by Gasteiger charge is -2.28. The van der Waals surface area contributed by atoms with E-state index in [9.17, 15) is 9.59 Å². The Kier molecular flexibility index (Phi) is 7.90. The van der Waals surface area contributed by atoms with Crippen molar-refractivity contribution in [1.29, 1.82) is 0 Å². The highest BCUT2D eigenvalue weighted by molar-refractivity contribution is 6.00. The van der Waals surface area contributed by atoms with Crippen LogP contribution in [0.1, 0.15) is 70.9 Å². The fourth-order valence-electron chi connectivity index (χ4n) is 6.64. The third kappa shape index (κ3) is 5.80. The fourth-order valence-corrected chi connectivity index (χ4v) is 6.64. The van der Waals surface area contributed by atoms with Crippen molar-refractivity contribution < 1.29 is 4.79 Å². The second-order valence-electron chi connectivity index (χ2n) is 12.8. The number of rotatable bonds is 4. The van der Waals surface area contributed by atoms with Crippen molar-refractivity contribution in [2.45, 2.75) is 51.1 Å². The van der Waals surface area contributed by atoms with Gasteiger partial charge < -0.3 is 15.2 Å². The van der Waals surface area contributed by atoms with Crippen LogP contribution in [0.4, 0.5) is 5.69 Å². The first-order valence-electron chi connectivity index (χ1n) is 15.4. The Labute approximate surface area is 264 Å². The molecule has 0 aliphatic heterocycles. The molecule has 1 aromatic heterocycles. The summed E-state index contributed by atoms with van der Waals surface area (Å²) in [6, 6.07) is 25.5. The zero-order chi connectivity index (χ0) is 31.9. The summed E-state index contributed by atoms with van der Waals surface area (Å²) in [6.07, 6.45) is 4.29. The lowest BCUT2D eigenvalue weighted by atomic mass is 9.90. The smallest absolute Gasteiger partial charge is 0.252 e. The number of pyridine rings is 1. The van der Waals surface area contributed by atoms with Crippen LogP contribution in [-0.4, -0.2) is 29.9 Å². The van der Waals surface area contributed by atoms with Crippen LogP contribution in [0.5, 0.6) is 0 Å². The van der Waals surface area contributed by atoms with E-state index in [1.165, 1.54) is 27.8 Å². The molecule has 2 N–H and O–H groups in total. The molecule has 7 rings (SSSR count). The standard InChI is InChI=1S/C28H29N3O2.C11H9N/c1-28(2,19-11-13-20-17(15-19)10-14-25(20)31(3)4)30-27(33)18-9-12-22-24(16-18)29-23-8-6-5-7-21(23)26(22)32;1-8-3-4-9-7-10(12-2)5-6-11(8)9/h5-9,11-13,15-16,25H,10,14H2,1-4H3,(H,29,32)(H,30,33);5-7H,1,3-4H2. The monoisotopic (exact) mass is 594 g/mol. The fraction of sp³-hybridized carbons (Fsp3) is 0.256. The number of hydrogen-bond acceptors (Lipinski definition) is 3. The summed E-state index contributed by atoms with van der Waals surface area (Å²) in [6.45, 7) is 14.9. The summed E-state index contributed by atoms with van der Waals surface area (Å²) in [5.74, 6) is -0.164. The van der Waals surface area contributed by atoms with Crippen LogP contribution in [0.2, 0.25) is 0 Å². The summed E-state index contributed by atoms with van der Waals surface area (Å²) in [5.41, 5.74) is 9.72. The van der Waals surface area contributed by atoms with Gasteiger partial charge in [-0.25, -0.2) is 4.85 Å². The van der Waals surface area contributed by atoms with Crippen LogP contribution >= 0.6 is 0 Å². The number of nitrogens with zero attached hydrogens (tertiary/aromatic N) is 2. The first kappa shape index (κ1) is 30.1. The molecule has 1 amide bonds. The van der Waals surface area contributed by atoms with Gasteiger partial charge in [0.05, 0.1) is 17.6 Å². The minimum atomic E-state index is -0.534. The number of benzene rings is 4. The molecule has 4 aromatic carbocycles. The van der Waals surface area contributed by atoms with Crippen molar-refractivity contribution >= 4 is 39.0 Å². The quantitative estimate of drug-likeness (QED) is 0.163. The Morgan fingerprint density at radius 2 is 1.71 bits per heavy atom. The van der Waals surface area contributed by atoms with Gasteiger partial charge in [0.25, 0.3) is 5.91 Å². The Balaban J connectivity index is 0.000000248. The first-order chi connectivity index (χ1) is 21.6. The largest absolute Gasteiger partial charge is 0.354 e. The maximum atomic E-state index is 13.2. The normalized spacial score (nSPS) is 15.4. The molecule has 0 saturated carbocycles. The first-order valence-corrected chi connectivity index (χ1v) is 15.4. The number of hydrogen-bond donors (Lipinski definition) is 2. The summed E-state index contributed by atoms with van der Waals surface area (Å²) >= 11 is 0. The zero-order valence-corrected chi connectivity index (χ0v) is 26.3. The number of fused-ring (bicyclic) bond motifs is 4. The van der Waals surface area contributed by atoms with Gasteiger partial charge in [-0.05, 0) is 112 Å². The molecule has 6 heteroatoms. The van der Waals surface area contributed by atoms with Gasteiger partial charge in [-0.1, -0.05) is 60.7 Å². The molecule has 0 spiro atoms. The van der Waals surface area contributed by atoms with Gasteiger partial charge in [-0.3, -0.25) is 9.59 Å². The van der Waals surface area contributed by atoms with E-state index < -0.39 is 5.54 Å². The van der Waals surface area contributed by atoms with Crippen LogP contribution in [0.15, 0.2) is 90.2 Å². The third-order valence-corrected chi connectivity index (χ3v) is 9.22. The van der Waals surface area contributed by atoms with Gasteiger partial charge in [0.2, 0.25) is 0 Å². The van der Waals surface area contributed by atoms with E-state index in [1.54, 1.807) is 18.2 Å². The zero-order valence-electron chi connectivity index (χ0n) is 26.3. The molecule has 226 valence electrons. The molecule has 2 aliphatic carbocycles. The van der Waals surface area contributed by atoms with Gasteiger partial charge in [-0.2, -0.15) is 0 Å². The Hall–Kier alpha value is -4.99. The number of aryl methyl sites for hydroxylation is 2. The average Bonchev–Trinajstić information content (AvgIpc) is 3.64. The molecule has 0 saturated heterocycles. The van der Waals surface area contributed by atoms with E-state index in [2.05, 4.69) is 58.9 Å². The number of para-hydroxylation sites is 1. The number of carbonyl (C=O) groups excluding carboxylic acids is 1. The summed E-state index contributed by atoms with van der Waals surface area (Å²) in [4.78, 5) is 35.0. The highest BCUT2D eigenvalue weighted by Crippen LogP contribution is 2.37. The number of H-pyrrole nitrogens is 1. The lowest BCUT2D eigenvalue weighted by molar-refractivity contribution is 0.0912. The Morgan fingerprint density at radius 3 is 2.49 bits per heavy atom. The maximum Gasteiger partial charge on any atom is 0.252 e. The van der Waals surface area contributed by atoms with E-state index >= 15 is 0 Å². The van der Waals surface area contributed by atoms with E-state index in [0.29, 0.717) is 27.9 Å². The number of aromatic amines is 1. The molecule has 0 radical (unpaired) electrons. The van der Waals surface area contributed by atoms with Crippen LogP contribution in [0.3, 0.4) is 0 Å². The number of allylic oxidation sites excluding steroid dienone is 1. The van der Waals surface area contributed by atoms with Crippen molar-refractivity contribution in [2.24, 2.45) is 0 Å². The predicted molar refractivity (Wildman–Crippen MR) is 184 cm³/mol. The molecule has 6 nitrogen and oxygen atoms in total. The van der Waals surface area contributed by atoms with E-state index in [1.807, 2.05) is 56.3 Å². The lowest BCUT2D eigenvalue weighted by Crippen LogP contribution is -2.41.